The Bertz CT molecular complexity index is 332. The van der Waals surface area contributed by atoms with Crippen molar-refractivity contribution in [3.63, 3.8) is 0 Å². The van der Waals surface area contributed by atoms with Gasteiger partial charge in [0.1, 0.15) is 0 Å². The highest BCUT2D eigenvalue weighted by Crippen LogP contribution is 2.42. The molecule has 2 unspecified atom stereocenters. The molecule has 2 fully saturated rings. The van der Waals surface area contributed by atoms with Crippen molar-refractivity contribution in [2.75, 3.05) is 13.1 Å². The Kier molecular flexibility index (Phi) is 3.15. The third kappa shape index (κ3) is 2.45. The standard InChI is InChI=1S/C13H21NO3/c1-3-13(2)4-6-14(7-5-13)11(15)9-8-10(9)12(16)17/h9-10H,3-8H2,1-2H3,(H,16,17). The van der Waals surface area contributed by atoms with Crippen molar-refractivity contribution >= 4 is 11.9 Å². The van der Waals surface area contributed by atoms with Gasteiger partial charge < -0.3 is 10.0 Å². The van der Waals surface area contributed by atoms with Gasteiger partial charge in [-0.3, -0.25) is 9.59 Å². The van der Waals surface area contributed by atoms with Crippen molar-refractivity contribution in [3.05, 3.63) is 0 Å². The second-order valence-electron chi connectivity index (χ2n) is 5.78. The number of rotatable bonds is 3. The molecule has 1 saturated heterocycles. The number of aliphatic carboxylic acids is 1. The predicted octanol–water partition coefficient (Wildman–Crippen LogP) is 1.75. The number of carboxylic acids is 1. The number of carbonyl (C=O) groups excluding carboxylic acids is 1. The van der Waals surface area contributed by atoms with Crippen molar-refractivity contribution in [2.45, 2.75) is 39.5 Å². The average molecular weight is 239 g/mol. The molecule has 2 atom stereocenters. The minimum Gasteiger partial charge on any atom is -0.481 e. The number of hydrogen-bond donors (Lipinski definition) is 1. The Hall–Kier alpha value is -1.06. The molecule has 4 nitrogen and oxygen atoms in total. The highest BCUT2D eigenvalue weighted by Gasteiger charge is 2.50. The van der Waals surface area contributed by atoms with Gasteiger partial charge in [0.2, 0.25) is 5.91 Å². The van der Waals surface area contributed by atoms with Crippen LogP contribution in [0.25, 0.3) is 0 Å². The molecule has 17 heavy (non-hydrogen) atoms. The first-order valence-electron chi connectivity index (χ1n) is 6.48. The molecule has 0 bridgehead atoms. The average Bonchev–Trinajstić information content (AvgIpc) is 3.09. The van der Waals surface area contributed by atoms with E-state index in [0.717, 1.165) is 32.4 Å². The number of carboxylic acid groups (broad SMARTS) is 1. The van der Waals surface area contributed by atoms with E-state index in [1.807, 2.05) is 4.90 Å². The Labute approximate surface area is 102 Å². The molecule has 1 amide bonds. The normalized spacial score (nSPS) is 31.1. The van der Waals surface area contributed by atoms with Gasteiger partial charge in [-0.25, -0.2) is 0 Å². The van der Waals surface area contributed by atoms with Crippen LogP contribution in [0.3, 0.4) is 0 Å². The van der Waals surface area contributed by atoms with Crippen LogP contribution in [0.2, 0.25) is 0 Å². The second-order valence-corrected chi connectivity index (χ2v) is 5.78. The van der Waals surface area contributed by atoms with Gasteiger partial charge in [-0.05, 0) is 24.7 Å². The Morgan fingerprint density at radius 2 is 1.88 bits per heavy atom. The van der Waals surface area contributed by atoms with Crippen LogP contribution in [-0.4, -0.2) is 35.0 Å². The van der Waals surface area contributed by atoms with E-state index < -0.39 is 11.9 Å². The van der Waals surface area contributed by atoms with Gasteiger partial charge in [0.15, 0.2) is 0 Å². The van der Waals surface area contributed by atoms with Crippen LogP contribution >= 0.6 is 0 Å². The second kappa shape index (κ2) is 4.31. The van der Waals surface area contributed by atoms with E-state index in [2.05, 4.69) is 13.8 Å². The van der Waals surface area contributed by atoms with Crippen LogP contribution in [0.15, 0.2) is 0 Å². The maximum atomic E-state index is 12.0. The molecule has 0 aromatic rings. The molecule has 1 aliphatic heterocycles. The quantitative estimate of drug-likeness (QED) is 0.816. The fourth-order valence-corrected chi connectivity index (χ4v) is 2.60. The number of amides is 1. The summed E-state index contributed by atoms with van der Waals surface area (Å²) in [5.74, 6) is -1.41. The van der Waals surface area contributed by atoms with Crippen molar-refractivity contribution in [1.29, 1.82) is 0 Å². The number of hydrogen-bond acceptors (Lipinski definition) is 2. The number of nitrogens with zero attached hydrogens (tertiary/aromatic N) is 1. The Balaban J connectivity index is 1.86. The van der Waals surface area contributed by atoms with Crippen LogP contribution in [0.5, 0.6) is 0 Å². The molecular formula is C13H21NO3. The Morgan fingerprint density at radius 1 is 1.29 bits per heavy atom. The van der Waals surface area contributed by atoms with E-state index in [1.165, 1.54) is 0 Å². The molecule has 0 spiro atoms. The molecule has 4 heteroatoms. The smallest absolute Gasteiger partial charge is 0.307 e. The molecule has 1 heterocycles. The highest BCUT2D eigenvalue weighted by molar-refractivity contribution is 5.89. The summed E-state index contributed by atoms with van der Waals surface area (Å²) in [7, 11) is 0. The Morgan fingerprint density at radius 3 is 2.29 bits per heavy atom. The molecule has 1 aliphatic carbocycles. The topological polar surface area (TPSA) is 57.6 Å². The first-order valence-corrected chi connectivity index (χ1v) is 6.48. The molecule has 0 aromatic heterocycles. The molecule has 96 valence electrons. The predicted molar refractivity (Wildman–Crippen MR) is 63.4 cm³/mol. The SMILES string of the molecule is CCC1(C)CCN(C(=O)C2CC2C(=O)O)CC1. The first kappa shape index (κ1) is 12.4. The van der Waals surface area contributed by atoms with Gasteiger partial charge >= 0.3 is 5.97 Å². The fourth-order valence-electron chi connectivity index (χ4n) is 2.60. The minimum absolute atomic E-state index is 0.0653. The van der Waals surface area contributed by atoms with Gasteiger partial charge in [-0.15, -0.1) is 0 Å². The van der Waals surface area contributed by atoms with Crippen molar-refractivity contribution in [3.8, 4) is 0 Å². The zero-order chi connectivity index (χ0) is 12.6. The lowest BCUT2D eigenvalue weighted by Crippen LogP contribution is -2.43. The van der Waals surface area contributed by atoms with E-state index >= 15 is 0 Å². The van der Waals surface area contributed by atoms with Crippen molar-refractivity contribution < 1.29 is 14.7 Å². The summed E-state index contributed by atoms with van der Waals surface area (Å²) in [4.78, 5) is 24.6. The van der Waals surface area contributed by atoms with Gasteiger partial charge in [0, 0.05) is 13.1 Å². The van der Waals surface area contributed by atoms with E-state index in [4.69, 9.17) is 5.11 Å². The highest BCUT2D eigenvalue weighted by atomic mass is 16.4. The van der Waals surface area contributed by atoms with E-state index in [-0.39, 0.29) is 11.8 Å². The summed E-state index contributed by atoms with van der Waals surface area (Å²) < 4.78 is 0. The van der Waals surface area contributed by atoms with E-state index in [9.17, 15) is 9.59 Å². The van der Waals surface area contributed by atoms with Crippen LogP contribution in [0, 0.1) is 17.3 Å². The van der Waals surface area contributed by atoms with Crippen LogP contribution in [0.4, 0.5) is 0 Å². The maximum Gasteiger partial charge on any atom is 0.307 e. The molecule has 0 radical (unpaired) electrons. The van der Waals surface area contributed by atoms with E-state index in [0.29, 0.717) is 11.8 Å². The summed E-state index contributed by atoms with van der Waals surface area (Å²) in [6.45, 7) is 6.06. The number of likely N-dealkylation sites (tertiary alicyclic amines) is 1. The summed E-state index contributed by atoms with van der Waals surface area (Å²) in [6.07, 6.45) is 3.77. The van der Waals surface area contributed by atoms with Gasteiger partial charge in [0.25, 0.3) is 0 Å². The third-order valence-corrected chi connectivity index (χ3v) is 4.56. The summed E-state index contributed by atoms with van der Waals surface area (Å²) in [5.41, 5.74) is 0.368. The summed E-state index contributed by atoms with van der Waals surface area (Å²) >= 11 is 0. The van der Waals surface area contributed by atoms with E-state index in [1.54, 1.807) is 0 Å². The molecule has 0 aromatic carbocycles. The zero-order valence-corrected chi connectivity index (χ0v) is 10.6. The van der Waals surface area contributed by atoms with Crippen LogP contribution in [-0.2, 0) is 9.59 Å². The summed E-state index contributed by atoms with van der Waals surface area (Å²) in [5, 5.41) is 8.82. The lowest BCUT2D eigenvalue weighted by Gasteiger charge is -2.39. The van der Waals surface area contributed by atoms with Gasteiger partial charge in [0.05, 0.1) is 11.8 Å². The molecule has 2 aliphatic rings. The lowest BCUT2D eigenvalue weighted by atomic mass is 9.78. The fraction of sp³-hybridized carbons (Fsp3) is 0.846. The van der Waals surface area contributed by atoms with Crippen LogP contribution in [0.1, 0.15) is 39.5 Å². The first-order chi connectivity index (χ1) is 7.97. The van der Waals surface area contributed by atoms with Crippen molar-refractivity contribution in [2.24, 2.45) is 17.3 Å². The monoisotopic (exact) mass is 239 g/mol. The maximum absolute atomic E-state index is 12.0. The molecule has 2 rings (SSSR count). The van der Waals surface area contributed by atoms with Gasteiger partial charge in [-0.2, -0.15) is 0 Å². The van der Waals surface area contributed by atoms with Crippen LogP contribution < -0.4 is 0 Å². The van der Waals surface area contributed by atoms with Gasteiger partial charge in [-0.1, -0.05) is 20.3 Å². The molecule has 1 N–H and O–H groups in total. The molecule has 1 saturated carbocycles. The largest absolute Gasteiger partial charge is 0.481 e. The number of piperidine rings is 1. The molecular weight excluding hydrogens is 218 g/mol. The third-order valence-electron chi connectivity index (χ3n) is 4.56. The lowest BCUT2D eigenvalue weighted by molar-refractivity contribution is -0.142. The van der Waals surface area contributed by atoms with Crippen molar-refractivity contribution in [1.82, 2.24) is 4.90 Å². The minimum atomic E-state index is -0.821. The zero-order valence-electron chi connectivity index (χ0n) is 10.6. The number of carbonyl (C=O) groups is 2. The summed E-state index contributed by atoms with van der Waals surface area (Å²) in [6, 6.07) is 0.